The van der Waals surface area contributed by atoms with Gasteiger partial charge in [-0.3, -0.25) is 0 Å². The first-order chi connectivity index (χ1) is 4.39. The Hall–Kier alpha value is 0.0400. The number of halogens is 4. The molecule has 1 nitrogen and oxygen atoms in total. The van der Waals surface area contributed by atoms with Crippen LogP contribution in [-0.2, 0) is 0 Å². The van der Waals surface area contributed by atoms with Gasteiger partial charge in [0.05, 0.1) is 0 Å². The Morgan fingerprint density at radius 1 is 1.36 bits per heavy atom. The normalized spacial score (nSPS) is 16.9. The summed E-state index contributed by atoms with van der Waals surface area (Å²) in [6.45, 7) is 3.19. The van der Waals surface area contributed by atoms with E-state index < -0.39 is 18.1 Å². The molecule has 2 atom stereocenters. The van der Waals surface area contributed by atoms with E-state index in [2.05, 4.69) is 0 Å². The van der Waals surface area contributed by atoms with Crippen LogP contribution in [0.4, 0.5) is 13.2 Å². The van der Waals surface area contributed by atoms with Crippen molar-refractivity contribution in [2.24, 2.45) is 11.7 Å². The molecule has 0 saturated heterocycles. The minimum absolute atomic E-state index is 0. The van der Waals surface area contributed by atoms with Gasteiger partial charge in [-0.05, 0) is 5.92 Å². The Labute approximate surface area is 70.6 Å². The van der Waals surface area contributed by atoms with E-state index in [0.717, 1.165) is 0 Å². The second kappa shape index (κ2) is 4.83. The van der Waals surface area contributed by atoms with E-state index in [1.807, 2.05) is 0 Å². The molecule has 0 fully saturated rings. The van der Waals surface area contributed by atoms with Crippen molar-refractivity contribution >= 4 is 12.4 Å². The molecule has 2 unspecified atom stereocenters. The van der Waals surface area contributed by atoms with Crippen molar-refractivity contribution in [2.45, 2.75) is 32.5 Å². The Balaban J connectivity index is 0. The molecule has 5 heteroatoms. The summed E-state index contributed by atoms with van der Waals surface area (Å²) in [5.41, 5.74) is 4.88. The molecule has 70 valence electrons. The summed E-state index contributed by atoms with van der Waals surface area (Å²) >= 11 is 0. The lowest BCUT2D eigenvalue weighted by molar-refractivity contribution is -0.157. The molecule has 0 spiro atoms. The van der Waals surface area contributed by atoms with Crippen LogP contribution in [0.2, 0.25) is 0 Å². The third-order valence-electron chi connectivity index (χ3n) is 1.63. The molecule has 0 amide bonds. The monoisotopic (exact) mass is 191 g/mol. The molecule has 0 radical (unpaired) electrons. The highest BCUT2D eigenvalue weighted by Gasteiger charge is 2.39. The highest BCUT2D eigenvalue weighted by atomic mass is 35.5. The topological polar surface area (TPSA) is 26.0 Å². The van der Waals surface area contributed by atoms with Crippen LogP contribution >= 0.6 is 12.4 Å². The van der Waals surface area contributed by atoms with Gasteiger partial charge in [0.25, 0.3) is 0 Å². The van der Waals surface area contributed by atoms with Gasteiger partial charge in [0.2, 0.25) is 0 Å². The molecule has 0 saturated carbocycles. The highest BCUT2D eigenvalue weighted by Crippen LogP contribution is 2.24. The number of alkyl halides is 3. The molecule has 0 aliphatic heterocycles. The van der Waals surface area contributed by atoms with E-state index in [-0.39, 0.29) is 12.4 Å². The average molecular weight is 192 g/mol. The van der Waals surface area contributed by atoms with Crippen molar-refractivity contribution in [2.75, 3.05) is 0 Å². The fourth-order valence-electron chi connectivity index (χ4n) is 0.577. The van der Waals surface area contributed by atoms with E-state index in [0.29, 0.717) is 6.42 Å². The smallest absolute Gasteiger partial charge is 0.320 e. The van der Waals surface area contributed by atoms with Gasteiger partial charge >= 0.3 is 6.18 Å². The largest absolute Gasteiger partial charge is 0.403 e. The Morgan fingerprint density at radius 3 is 1.82 bits per heavy atom. The Morgan fingerprint density at radius 2 is 1.73 bits per heavy atom. The second-order valence-corrected chi connectivity index (χ2v) is 2.45. The molecule has 11 heavy (non-hydrogen) atoms. The fourth-order valence-corrected chi connectivity index (χ4v) is 0.577. The van der Waals surface area contributed by atoms with Gasteiger partial charge in [0.15, 0.2) is 0 Å². The second-order valence-electron chi connectivity index (χ2n) is 2.45. The molecular weight excluding hydrogens is 179 g/mol. The third-order valence-corrected chi connectivity index (χ3v) is 1.63. The van der Waals surface area contributed by atoms with Crippen LogP contribution < -0.4 is 5.73 Å². The summed E-state index contributed by atoms with van der Waals surface area (Å²) in [5, 5.41) is 0. The molecule has 0 heterocycles. The lowest BCUT2D eigenvalue weighted by Crippen LogP contribution is -2.42. The zero-order valence-electron chi connectivity index (χ0n) is 6.48. The SMILES string of the molecule is CCC(C)C(N)C(F)(F)F.Cl. The molecule has 0 bridgehead atoms. The minimum Gasteiger partial charge on any atom is -0.320 e. The molecule has 0 aromatic carbocycles. The molecule has 2 N–H and O–H groups in total. The number of hydrogen-bond donors (Lipinski definition) is 1. The number of rotatable bonds is 2. The van der Waals surface area contributed by atoms with E-state index in [1.165, 1.54) is 6.92 Å². The highest BCUT2D eigenvalue weighted by molar-refractivity contribution is 5.85. The van der Waals surface area contributed by atoms with Crippen molar-refractivity contribution in [1.29, 1.82) is 0 Å². The fraction of sp³-hybridized carbons (Fsp3) is 1.00. The van der Waals surface area contributed by atoms with Crippen LogP contribution in [0.3, 0.4) is 0 Å². The molecule has 0 rings (SSSR count). The predicted octanol–water partition coefficient (Wildman–Crippen LogP) is 2.34. The zero-order valence-corrected chi connectivity index (χ0v) is 7.30. The molecular formula is C6H13ClF3N. The van der Waals surface area contributed by atoms with Gasteiger partial charge in [-0.25, -0.2) is 0 Å². The van der Waals surface area contributed by atoms with Crippen molar-refractivity contribution in [1.82, 2.24) is 0 Å². The first kappa shape index (κ1) is 13.6. The molecule has 0 aliphatic rings. The van der Waals surface area contributed by atoms with Crippen LogP contribution in [-0.4, -0.2) is 12.2 Å². The summed E-state index contributed by atoms with van der Waals surface area (Å²) in [7, 11) is 0. The maximum atomic E-state index is 11.8. The van der Waals surface area contributed by atoms with Crippen LogP contribution in [0, 0.1) is 5.92 Å². The van der Waals surface area contributed by atoms with E-state index >= 15 is 0 Å². The lowest BCUT2D eigenvalue weighted by Gasteiger charge is -2.20. The molecule has 0 aliphatic carbocycles. The Bertz CT molecular complexity index is 104. The zero-order chi connectivity index (χ0) is 8.36. The van der Waals surface area contributed by atoms with Gasteiger partial charge in [0, 0.05) is 0 Å². The van der Waals surface area contributed by atoms with Crippen molar-refractivity contribution in [3.8, 4) is 0 Å². The van der Waals surface area contributed by atoms with Gasteiger partial charge in [-0.1, -0.05) is 20.3 Å². The summed E-state index contributed by atoms with van der Waals surface area (Å²) in [5.74, 6) is -0.486. The number of hydrogen-bond acceptors (Lipinski definition) is 1. The van der Waals surface area contributed by atoms with Crippen molar-refractivity contribution in [3.63, 3.8) is 0 Å². The van der Waals surface area contributed by atoms with Crippen molar-refractivity contribution in [3.05, 3.63) is 0 Å². The first-order valence-corrected chi connectivity index (χ1v) is 3.21. The van der Waals surface area contributed by atoms with Gasteiger partial charge < -0.3 is 5.73 Å². The third kappa shape index (κ3) is 4.48. The van der Waals surface area contributed by atoms with Gasteiger partial charge in [-0.15, -0.1) is 12.4 Å². The molecule has 0 aromatic heterocycles. The predicted molar refractivity (Wildman–Crippen MR) is 40.7 cm³/mol. The van der Waals surface area contributed by atoms with E-state index in [4.69, 9.17) is 5.73 Å². The van der Waals surface area contributed by atoms with Crippen LogP contribution in [0.1, 0.15) is 20.3 Å². The lowest BCUT2D eigenvalue weighted by atomic mass is 10.00. The van der Waals surface area contributed by atoms with E-state index in [1.54, 1.807) is 6.92 Å². The Kier molecular flexibility index (Phi) is 5.97. The maximum absolute atomic E-state index is 11.8. The quantitative estimate of drug-likeness (QED) is 0.713. The summed E-state index contributed by atoms with van der Waals surface area (Å²) in [6, 6.07) is -1.67. The van der Waals surface area contributed by atoms with Crippen LogP contribution in [0.15, 0.2) is 0 Å². The summed E-state index contributed by atoms with van der Waals surface area (Å²) in [4.78, 5) is 0. The number of nitrogens with two attached hydrogens (primary N) is 1. The average Bonchev–Trinajstić information content (AvgIpc) is 1.83. The summed E-state index contributed by atoms with van der Waals surface area (Å²) in [6.07, 6.45) is -3.78. The van der Waals surface area contributed by atoms with Gasteiger partial charge in [-0.2, -0.15) is 13.2 Å². The standard InChI is InChI=1S/C6H12F3N.ClH/c1-3-4(2)5(10)6(7,8)9;/h4-5H,3,10H2,1-2H3;1H. The van der Waals surface area contributed by atoms with Crippen LogP contribution in [0.25, 0.3) is 0 Å². The van der Waals surface area contributed by atoms with E-state index in [9.17, 15) is 13.2 Å². The van der Waals surface area contributed by atoms with Crippen LogP contribution in [0.5, 0.6) is 0 Å². The molecule has 0 aromatic rings. The first-order valence-electron chi connectivity index (χ1n) is 3.21. The maximum Gasteiger partial charge on any atom is 0.403 e. The minimum atomic E-state index is -4.24. The summed E-state index contributed by atoms with van der Waals surface area (Å²) < 4.78 is 35.3. The van der Waals surface area contributed by atoms with Gasteiger partial charge in [0.1, 0.15) is 6.04 Å². The van der Waals surface area contributed by atoms with Crippen molar-refractivity contribution < 1.29 is 13.2 Å².